The molecule has 1 fully saturated rings. The van der Waals surface area contributed by atoms with Crippen molar-refractivity contribution in [3.05, 3.63) is 0 Å². The summed E-state index contributed by atoms with van der Waals surface area (Å²) in [4.78, 5) is 10.7. The minimum atomic E-state index is -0.302. The van der Waals surface area contributed by atoms with Gasteiger partial charge >= 0.3 is 0 Å². The summed E-state index contributed by atoms with van der Waals surface area (Å²) in [7, 11) is 0. The highest BCUT2D eigenvalue weighted by molar-refractivity contribution is 8.02. The maximum absolute atomic E-state index is 10.7. The van der Waals surface area contributed by atoms with Crippen LogP contribution in [0.1, 0.15) is 13.8 Å². The Morgan fingerprint density at radius 3 is 2.73 bits per heavy atom. The molecular weight excluding hydrogens is 158 g/mol. The van der Waals surface area contributed by atoms with Crippen LogP contribution in [0.3, 0.4) is 0 Å². The lowest BCUT2D eigenvalue weighted by atomic mass is 10.0. The van der Waals surface area contributed by atoms with Crippen LogP contribution in [0.5, 0.6) is 0 Å². The molecule has 1 amide bonds. The second-order valence-electron chi connectivity index (χ2n) is 3.08. The molecule has 2 nitrogen and oxygen atoms in total. The van der Waals surface area contributed by atoms with Crippen molar-refractivity contribution in [3.63, 3.8) is 0 Å². The average molecular weight is 169 g/mol. The molecule has 1 saturated heterocycles. The van der Waals surface area contributed by atoms with Gasteiger partial charge in [-0.15, -0.1) is 6.42 Å². The molecule has 0 aromatic rings. The zero-order valence-electron chi connectivity index (χ0n) is 6.68. The molecular formula is C8H11NOS. The minimum Gasteiger partial charge on any atom is -0.340 e. The number of hydrogen-bond donors (Lipinski definition) is 1. The molecule has 3 heteroatoms. The van der Waals surface area contributed by atoms with E-state index in [9.17, 15) is 4.79 Å². The molecule has 60 valence electrons. The first kappa shape index (κ1) is 8.48. The van der Waals surface area contributed by atoms with Crippen molar-refractivity contribution in [1.82, 2.24) is 5.32 Å². The molecule has 0 saturated carbocycles. The summed E-state index contributed by atoms with van der Waals surface area (Å²) in [5, 5.41) is 2.76. The van der Waals surface area contributed by atoms with Crippen LogP contribution in [-0.2, 0) is 4.79 Å². The summed E-state index contributed by atoms with van der Waals surface area (Å²) in [6.07, 6.45) is 4.92. The van der Waals surface area contributed by atoms with Crippen LogP contribution in [0.15, 0.2) is 0 Å². The first-order valence-electron chi connectivity index (χ1n) is 3.47. The lowest BCUT2D eigenvalue weighted by Gasteiger charge is -2.43. The second kappa shape index (κ2) is 2.78. The largest absolute Gasteiger partial charge is 0.340 e. The second-order valence-corrected chi connectivity index (χ2v) is 4.76. The summed E-state index contributed by atoms with van der Waals surface area (Å²) in [5.74, 6) is 2.71. The number of hydrogen-bond acceptors (Lipinski definition) is 2. The summed E-state index contributed by atoms with van der Waals surface area (Å²) >= 11 is 1.84. The van der Waals surface area contributed by atoms with Gasteiger partial charge in [-0.2, -0.15) is 11.8 Å². The Balaban J connectivity index is 2.41. The lowest BCUT2D eigenvalue weighted by Crippen LogP contribution is -2.56. The van der Waals surface area contributed by atoms with Gasteiger partial charge < -0.3 is 5.32 Å². The van der Waals surface area contributed by atoms with Crippen LogP contribution >= 0.6 is 11.8 Å². The Kier molecular flexibility index (Phi) is 2.15. The van der Waals surface area contributed by atoms with Gasteiger partial charge in [-0.3, -0.25) is 4.79 Å². The molecule has 0 spiro atoms. The number of amides is 1. The number of carbonyl (C=O) groups excluding carboxylic acids is 1. The summed E-state index contributed by atoms with van der Waals surface area (Å²) in [6.45, 7) is 4.20. The number of rotatable bonds is 1. The van der Waals surface area contributed by atoms with Gasteiger partial charge in [0.25, 0.3) is 5.91 Å². The Morgan fingerprint density at radius 2 is 2.45 bits per heavy atom. The fourth-order valence-corrected chi connectivity index (χ4v) is 2.06. The predicted molar refractivity (Wildman–Crippen MR) is 47.3 cm³/mol. The van der Waals surface area contributed by atoms with Crippen molar-refractivity contribution in [3.8, 4) is 12.3 Å². The van der Waals surface area contributed by atoms with Gasteiger partial charge in [-0.05, 0) is 19.8 Å². The van der Waals surface area contributed by atoms with Gasteiger partial charge in [-0.25, -0.2) is 0 Å². The third-order valence-electron chi connectivity index (χ3n) is 1.90. The Bertz CT molecular complexity index is 217. The Morgan fingerprint density at radius 1 is 1.82 bits per heavy atom. The molecule has 0 radical (unpaired) electrons. The fourth-order valence-electron chi connectivity index (χ4n) is 0.915. The fraction of sp³-hybridized carbons (Fsp3) is 0.625. The number of terminal acetylenes is 1. The normalized spacial score (nSPS) is 26.5. The van der Waals surface area contributed by atoms with E-state index in [4.69, 9.17) is 6.42 Å². The van der Waals surface area contributed by atoms with Crippen molar-refractivity contribution in [2.75, 3.05) is 5.75 Å². The Labute approximate surface area is 71.1 Å². The zero-order valence-corrected chi connectivity index (χ0v) is 7.49. The molecule has 1 aliphatic heterocycles. The topological polar surface area (TPSA) is 29.1 Å². The lowest BCUT2D eigenvalue weighted by molar-refractivity contribution is -0.116. The molecule has 0 aromatic carbocycles. The molecule has 1 N–H and O–H groups in total. The van der Waals surface area contributed by atoms with Crippen molar-refractivity contribution in [1.29, 1.82) is 0 Å². The smallest absolute Gasteiger partial charge is 0.295 e. The molecule has 1 heterocycles. The van der Waals surface area contributed by atoms with E-state index in [0.29, 0.717) is 0 Å². The van der Waals surface area contributed by atoms with E-state index >= 15 is 0 Å². The van der Waals surface area contributed by atoms with Crippen LogP contribution in [-0.4, -0.2) is 22.4 Å². The molecule has 0 aromatic heterocycles. The molecule has 11 heavy (non-hydrogen) atoms. The predicted octanol–water partition coefficient (Wildman–Crippen LogP) is 0.630. The van der Waals surface area contributed by atoms with Gasteiger partial charge in [-0.1, -0.05) is 0 Å². The molecule has 0 bridgehead atoms. The van der Waals surface area contributed by atoms with E-state index in [0.717, 1.165) is 5.75 Å². The van der Waals surface area contributed by atoms with E-state index in [2.05, 4.69) is 19.2 Å². The van der Waals surface area contributed by atoms with Gasteiger partial charge in [0, 0.05) is 10.5 Å². The third kappa shape index (κ3) is 1.69. The highest BCUT2D eigenvalue weighted by Gasteiger charge is 2.39. The highest BCUT2D eigenvalue weighted by atomic mass is 32.2. The number of thioether (sulfide) groups is 1. The van der Waals surface area contributed by atoms with Crippen LogP contribution in [0.25, 0.3) is 0 Å². The van der Waals surface area contributed by atoms with Gasteiger partial charge in [0.05, 0.1) is 6.04 Å². The molecule has 1 unspecified atom stereocenters. The van der Waals surface area contributed by atoms with E-state index < -0.39 is 0 Å². The average Bonchev–Trinajstić information content (AvgIpc) is 1.98. The quantitative estimate of drug-likeness (QED) is 0.583. The maximum Gasteiger partial charge on any atom is 0.295 e. The minimum absolute atomic E-state index is 0.159. The van der Waals surface area contributed by atoms with E-state index in [1.807, 2.05) is 17.7 Å². The maximum atomic E-state index is 10.7. The summed E-state index contributed by atoms with van der Waals surface area (Å²) < 4.78 is 0.159. The van der Waals surface area contributed by atoms with Crippen LogP contribution in [0.2, 0.25) is 0 Å². The third-order valence-corrected chi connectivity index (χ3v) is 3.43. The van der Waals surface area contributed by atoms with Gasteiger partial charge in [0.2, 0.25) is 0 Å². The number of nitrogens with one attached hydrogen (secondary N) is 1. The monoisotopic (exact) mass is 169 g/mol. The number of carbonyl (C=O) groups is 1. The van der Waals surface area contributed by atoms with Gasteiger partial charge in [0.1, 0.15) is 0 Å². The van der Waals surface area contributed by atoms with E-state index in [1.54, 1.807) is 0 Å². The molecule has 1 aliphatic rings. The zero-order chi connectivity index (χ0) is 8.48. The van der Waals surface area contributed by atoms with E-state index in [-0.39, 0.29) is 16.7 Å². The standard InChI is InChI=1S/C8H11NOS/c1-4-7(10)9-6-5-11-8(6,2)3/h1,6H,5H2,2-3H3,(H,9,10). The van der Waals surface area contributed by atoms with Crippen molar-refractivity contribution >= 4 is 17.7 Å². The van der Waals surface area contributed by atoms with Crippen molar-refractivity contribution in [2.24, 2.45) is 0 Å². The summed E-state index contributed by atoms with van der Waals surface area (Å²) in [5.41, 5.74) is 0. The first-order valence-corrected chi connectivity index (χ1v) is 4.46. The summed E-state index contributed by atoms with van der Waals surface area (Å²) in [6, 6.07) is 0.246. The van der Waals surface area contributed by atoms with Gasteiger partial charge in [0.15, 0.2) is 0 Å². The Hall–Kier alpha value is -0.620. The highest BCUT2D eigenvalue weighted by Crippen LogP contribution is 2.39. The van der Waals surface area contributed by atoms with Crippen LogP contribution in [0, 0.1) is 12.3 Å². The van der Waals surface area contributed by atoms with E-state index in [1.165, 1.54) is 0 Å². The first-order chi connectivity index (χ1) is 5.06. The SMILES string of the molecule is C#CC(=O)NC1CSC1(C)C. The van der Waals surface area contributed by atoms with Crippen molar-refractivity contribution < 1.29 is 4.79 Å². The molecule has 1 rings (SSSR count). The van der Waals surface area contributed by atoms with Crippen LogP contribution < -0.4 is 5.32 Å². The van der Waals surface area contributed by atoms with Crippen LogP contribution in [0.4, 0.5) is 0 Å². The molecule has 0 aliphatic carbocycles. The molecule has 1 atom stereocenters. The van der Waals surface area contributed by atoms with Crippen molar-refractivity contribution in [2.45, 2.75) is 24.6 Å².